The smallest absolute Gasteiger partial charge is 0.330 e. The number of nitrogens with one attached hydrogen (secondary N) is 3. The van der Waals surface area contributed by atoms with Gasteiger partial charge in [-0.25, -0.2) is 4.79 Å². The number of amides is 3. The Morgan fingerprint density at radius 3 is 2.79 bits per heavy atom. The molecule has 0 radical (unpaired) electrons. The largest absolute Gasteiger partial charge is 0.466 e. The molecule has 2 fully saturated rings. The number of pyridine rings is 1. The standard InChI is InChI=1S/C30H37BrN4O6S/c1-18-13-19-7-5-8-20(14-19)27(18)34-25(36)16-35-12-6-10-23(30(35)40)33-29(39)22(9-3-4-11-26(37)41-2)32-28(38)21-15-24(31)42-17-21/h4,6,10-12,15,17-20,22,27H,3,5,7-9,13-14,16H2,1-2H3,(H,32,38)(H,33,39)(H,34,36)/b11-4+. The van der Waals surface area contributed by atoms with Crippen LogP contribution >= 0.6 is 27.3 Å². The molecule has 2 saturated carbocycles. The third kappa shape index (κ3) is 8.41. The Morgan fingerprint density at radius 1 is 1.24 bits per heavy atom. The van der Waals surface area contributed by atoms with Crippen molar-refractivity contribution >= 4 is 56.6 Å². The first kappa shape index (κ1) is 31.7. The zero-order chi connectivity index (χ0) is 30.2. The van der Waals surface area contributed by atoms with Crippen molar-refractivity contribution in [3.05, 3.63) is 61.6 Å². The molecule has 2 aliphatic carbocycles. The average molecular weight is 662 g/mol. The van der Waals surface area contributed by atoms with Gasteiger partial charge in [0.15, 0.2) is 0 Å². The summed E-state index contributed by atoms with van der Waals surface area (Å²) in [6, 6.07) is 3.81. The van der Waals surface area contributed by atoms with Crippen LogP contribution in [0.3, 0.4) is 0 Å². The van der Waals surface area contributed by atoms with E-state index in [9.17, 15) is 24.0 Å². The van der Waals surface area contributed by atoms with Gasteiger partial charge in [0, 0.05) is 23.7 Å². The van der Waals surface area contributed by atoms with Crippen molar-refractivity contribution in [1.29, 1.82) is 0 Å². The number of carbonyl (C=O) groups excluding carboxylic acids is 4. The molecule has 0 aliphatic heterocycles. The van der Waals surface area contributed by atoms with Gasteiger partial charge < -0.3 is 25.3 Å². The fraction of sp³-hybridized carbons (Fsp3) is 0.500. The monoisotopic (exact) mass is 660 g/mol. The maximum Gasteiger partial charge on any atom is 0.330 e. The lowest BCUT2D eigenvalue weighted by Crippen LogP contribution is -2.50. The summed E-state index contributed by atoms with van der Waals surface area (Å²) in [6.07, 6.45) is 10.6. The molecule has 4 rings (SSSR count). The molecule has 3 N–H and O–H groups in total. The van der Waals surface area contributed by atoms with Gasteiger partial charge in [-0.2, -0.15) is 0 Å². The lowest BCUT2D eigenvalue weighted by Gasteiger charge is -2.44. The van der Waals surface area contributed by atoms with E-state index in [1.165, 1.54) is 54.2 Å². The maximum atomic E-state index is 13.3. The van der Waals surface area contributed by atoms with E-state index in [1.54, 1.807) is 23.6 Å². The van der Waals surface area contributed by atoms with E-state index in [4.69, 9.17) is 0 Å². The van der Waals surface area contributed by atoms with E-state index >= 15 is 0 Å². The summed E-state index contributed by atoms with van der Waals surface area (Å²) in [5, 5.41) is 10.2. The molecule has 42 heavy (non-hydrogen) atoms. The number of allylic oxidation sites excluding steroid dienone is 1. The van der Waals surface area contributed by atoms with Crippen LogP contribution in [0.2, 0.25) is 0 Å². The van der Waals surface area contributed by atoms with Gasteiger partial charge in [0.25, 0.3) is 11.5 Å². The van der Waals surface area contributed by atoms with E-state index in [-0.39, 0.29) is 30.6 Å². The number of hydrogen-bond acceptors (Lipinski definition) is 7. The summed E-state index contributed by atoms with van der Waals surface area (Å²) in [5.41, 5.74) is -0.133. The third-order valence-corrected chi connectivity index (χ3v) is 9.60. The first-order chi connectivity index (χ1) is 20.1. The molecule has 5 unspecified atom stereocenters. The minimum atomic E-state index is -0.998. The van der Waals surface area contributed by atoms with E-state index in [0.717, 1.165) is 29.0 Å². The normalized spacial score (nSPS) is 22.3. The number of esters is 1. The number of thiophene rings is 1. The Hall–Kier alpha value is -3.25. The van der Waals surface area contributed by atoms with Crippen molar-refractivity contribution in [3.63, 3.8) is 0 Å². The van der Waals surface area contributed by atoms with Crippen LogP contribution in [0.4, 0.5) is 5.69 Å². The van der Waals surface area contributed by atoms with Crippen LogP contribution in [0.5, 0.6) is 0 Å². The Kier molecular flexibility index (Phi) is 11.1. The minimum absolute atomic E-state index is 0.000846. The van der Waals surface area contributed by atoms with Gasteiger partial charge in [-0.1, -0.05) is 25.8 Å². The van der Waals surface area contributed by atoms with Gasteiger partial charge in [-0.15, -0.1) is 11.3 Å². The zero-order valence-electron chi connectivity index (χ0n) is 23.8. The fourth-order valence-electron chi connectivity index (χ4n) is 6.08. The van der Waals surface area contributed by atoms with Crippen LogP contribution in [-0.4, -0.2) is 47.5 Å². The maximum absolute atomic E-state index is 13.3. The number of hydrogen-bond donors (Lipinski definition) is 3. The van der Waals surface area contributed by atoms with Crippen molar-refractivity contribution in [2.24, 2.45) is 17.8 Å². The lowest BCUT2D eigenvalue weighted by molar-refractivity contribution is -0.134. The summed E-state index contributed by atoms with van der Waals surface area (Å²) in [4.78, 5) is 63.7. The average Bonchev–Trinajstić information content (AvgIpc) is 3.41. The number of fused-ring (bicyclic) bond motifs is 2. The number of halogens is 1. The quantitative estimate of drug-likeness (QED) is 0.244. The highest BCUT2D eigenvalue weighted by molar-refractivity contribution is 9.11. The van der Waals surface area contributed by atoms with Crippen molar-refractivity contribution in [3.8, 4) is 0 Å². The zero-order valence-corrected chi connectivity index (χ0v) is 26.2. The molecule has 2 bridgehead atoms. The summed E-state index contributed by atoms with van der Waals surface area (Å²) < 4.78 is 6.63. The molecule has 2 aromatic heterocycles. The van der Waals surface area contributed by atoms with Crippen LogP contribution < -0.4 is 21.5 Å². The number of rotatable bonds is 11. The van der Waals surface area contributed by atoms with Gasteiger partial charge in [0.2, 0.25) is 11.8 Å². The number of aromatic nitrogens is 1. The molecule has 2 heterocycles. The van der Waals surface area contributed by atoms with Crippen LogP contribution in [0, 0.1) is 17.8 Å². The molecule has 12 heteroatoms. The molecule has 0 aromatic carbocycles. The molecule has 10 nitrogen and oxygen atoms in total. The van der Waals surface area contributed by atoms with Crippen molar-refractivity contribution < 1.29 is 23.9 Å². The summed E-state index contributed by atoms with van der Waals surface area (Å²) in [5.74, 6) is -0.180. The Labute approximate surface area is 257 Å². The van der Waals surface area contributed by atoms with Gasteiger partial charge in [0.1, 0.15) is 18.3 Å². The number of methoxy groups -OCH3 is 1. The SMILES string of the molecule is COC(=O)/C=C/CCC(NC(=O)c1csc(Br)c1)C(=O)Nc1cccn(CC(=O)NC2C(C)CC3CCCC2C3)c1=O. The summed E-state index contributed by atoms with van der Waals surface area (Å²) in [6.45, 7) is 2.03. The van der Waals surface area contributed by atoms with E-state index in [1.807, 2.05) is 0 Å². The van der Waals surface area contributed by atoms with Gasteiger partial charge in [-0.3, -0.25) is 19.2 Å². The lowest BCUT2D eigenvalue weighted by atomic mass is 9.65. The Bertz CT molecular complexity index is 1390. The number of carbonyl (C=O) groups is 4. The number of ether oxygens (including phenoxy) is 1. The Balaban J connectivity index is 1.42. The molecule has 2 aliphatic rings. The highest BCUT2D eigenvalue weighted by atomic mass is 79.9. The molecule has 226 valence electrons. The third-order valence-electron chi connectivity index (χ3n) is 8.10. The number of anilines is 1. The second-order valence-electron chi connectivity index (χ2n) is 11.1. The fourth-order valence-corrected chi connectivity index (χ4v) is 7.22. The van der Waals surface area contributed by atoms with Crippen molar-refractivity contribution in [1.82, 2.24) is 15.2 Å². The first-order valence-corrected chi connectivity index (χ1v) is 15.9. The molecular weight excluding hydrogens is 624 g/mol. The Morgan fingerprint density at radius 2 is 2.05 bits per heavy atom. The highest BCUT2D eigenvalue weighted by Gasteiger charge is 2.38. The summed E-state index contributed by atoms with van der Waals surface area (Å²) >= 11 is 4.66. The van der Waals surface area contributed by atoms with Crippen molar-refractivity contribution in [2.75, 3.05) is 12.4 Å². The van der Waals surface area contributed by atoms with Crippen molar-refractivity contribution in [2.45, 2.75) is 70.5 Å². The van der Waals surface area contributed by atoms with Crippen LogP contribution in [0.15, 0.2) is 50.5 Å². The van der Waals surface area contributed by atoms with Gasteiger partial charge in [-0.05, 0) is 84.0 Å². The molecule has 3 amide bonds. The number of nitrogens with zero attached hydrogens (tertiary/aromatic N) is 1. The second-order valence-corrected chi connectivity index (χ2v) is 13.4. The first-order valence-electron chi connectivity index (χ1n) is 14.2. The molecule has 0 saturated heterocycles. The summed E-state index contributed by atoms with van der Waals surface area (Å²) in [7, 11) is 1.26. The molecule has 2 aromatic rings. The van der Waals surface area contributed by atoms with Crippen LogP contribution in [-0.2, 0) is 25.7 Å². The second kappa shape index (κ2) is 14.8. The highest BCUT2D eigenvalue weighted by Crippen LogP contribution is 2.42. The van der Waals surface area contributed by atoms with E-state index in [2.05, 4.69) is 43.5 Å². The predicted molar refractivity (Wildman–Crippen MR) is 164 cm³/mol. The molecule has 5 atom stereocenters. The minimum Gasteiger partial charge on any atom is -0.466 e. The van der Waals surface area contributed by atoms with Crippen LogP contribution in [0.1, 0.15) is 62.2 Å². The molecule has 0 spiro atoms. The van der Waals surface area contributed by atoms with Crippen LogP contribution in [0.25, 0.3) is 0 Å². The van der Waals surface area contributed by atoms with E-state index < -0.39 is 29.4 Å². The van der Waals surface area contributed by atoms with E-state index in [0.29, 0.717) is 23.8 Å². The predicted octanol–water partition coefficient (Wildman–Crippen LogP) is 4.25. The molecular formula is C30H37BrN4O6S. The van der Waals surface area contributed by atoms with Gasteiger partial charge in [0.05, 0.1) is 16.5 Å². The van der Waals surface area contributed by atoms with Gasteiger partial charge >= 0.3 is 5.97 Å². The topological polar surface area (TPSA) is 136 Å².